The van der Waals surface area contributed by atoms with E-state index in [0.29, 0.717) is 0 Å². The lowest BCUT2D eigenvalue weighted by Gasteiger charge is -2.28. The lowest BCUT2D eigenvalue weighted by molar-refractivity contribution is 0.931. The van der Waals surface area contributed by atoms with E-state index in [0.717, 1.165) is 22.8 Å². The topological polar surface area (TPSA) is 24.7 Å². The van der Waals surface area contributed by atoms with Crippen LogP contribution >= 0.6 is 0 Å². The Balaban J connectivity index is 1.29. The zero-order chi connectivity index (χ0) is 56.2. The first-order valence-electron chi connectivity index (χ1n) is 28.5. The van der Waals surface area contributed by atoms with E-state index >= 15 is 0 Å². The van der Waals surface area contributed by atoms with Gasteiger partial charge >= 0.3 is 0 Å². The summed E-state index contributed by atoms with van der Waals surface area (Å²) in [5.41, 5.74) is 30.4. The minimum atomic E-state index is -0.111. The molecule has 0 aromatic heterocycles. The molecule has 0 saturated carbocycles. The predicted octanol–water partition coefficient (Wildman–Crippen LogP) is 20.4. The number of hydrogen-bond donors (Lipinski definition) is 0. The quantitative estimate of drug-likeness (QED) is 0.0722. The van der Waals surface area contributed by atoms with Gasteiger partial charge in [0.1, 0.15) is 0 Å². The zero-order valence-corrected chi connectivity index (χ0v) is 49.0. The SMILES string of the molecule is CC(=Nc1c(C(c2ccc(C)cc2)c2ccc(C)cc2)cc(C)cc1C(c1ccc(C)cc1)c1ccc(C)cc1)C(C)=Nc1c(C(c2ccc(C)cc2)c2ccc(C)cc2)cc(C)cc1C(c1ccc(C)cc1)c1ccc(C)cc1. The van der Waals surface area contributed by atoms with Crippen molar-refractivity contribution in [3.8, 4) is 0 Å². The summed E-state index contributed by atoms with van der Waals surface area (Å²) in [6.45, 7) is 26.2. The van der Waals surface area contributed by atoms with Crippen molar-refractivity contribution in [3.63, 3.8) is 0 Å². The Kier molecular flexibility index (Phi) is 16.4. The monoisotopic (exact) mass is 1040 g/mol. The van der Waals surface area contributed by atoms with E-state index in [4.69, 9.17) is 9.98 Å². The molecular weight excluding hydrogens is 965 g/mol. The summed E-state index contributed by atoms with van der Waals surface area (Å²) in [5, 5.41) is 0. The minimum absolute atomic E-state index is 0.111. The van der Waals surface area contributed by atoms with E-state index in [1.165, 1.54) is 122 Å². The molecule has 2 nitrogen and oxygen atoms in total. The minimum Gasteiger partial charge on any atom is -0.251 e. The van der Waals surface area contributed by atoms with Gasteiger partial charge in [0.2, 0.25) is 0 Å². The Labute approximate surface area is 477 Å². The van der Waals surface area contributed by atoms with Gasteiger partial charge in [-0.05, 0) is 150 Å². The first-order chi connectivity index (χ1) is 38.6. The third-order valence-electron chi connectivity index (χ3n) is 16.2. The van der Waals surface area contributed by atoms with Crippen molar-refractivity contribution in [1.29, 1.82) is 0 Å². The first-order valence-corrected chi connectivity index (χ1v) is 28.5. The molecule has 0 atom stereocenters. The molecule has 10 rings (SSSR count). The van der Waals surface area contributed by atoms with E-state index in [2.05, 4.69) is 301 Å². The smallest absolute Gasteiger partial charge is 0.0717 e. The van der Waals surface area contributed by atoms with Crippen LogP contribution in [0.5, 0.6) is 0 Å². The predicted molar refractivity (Wildman–Crippen MR) is 341 cm³/mol. The van der Waals surface area contributed by atoms with Gasteiger partial charge in [0.15, 0.2) is 0 Å². The molecule has 0 radical (unpaired) electrons. The summed E-state index contributed by atoms with van der Waals surface area (Å²) in [6.07, 6.45) is 0. The molecule has 0 aliphatic heterocycles. The van der Waals surface area contributed by atoms with Crippen LogP contribution in [0.4, 0.5) is 11.4 Å². The van der Waals surface area contributed by atoms with Crippen LogP contribution in [0.15, 0.2) is 228 Å². The molecular formula is C78H76N2. The lowest BCUT2D eigenvalue weighted by atomic mass is 9.77. The molecule has 10 aromatic rings. The highest BCUT2D eigenvalue weighted by molar-refractivity contribution is 6.41. The Morgan fingerprint density at radius 1 is 0.212 bits per heavy atom. The normalized spacial score (nSPS) is 12.1. The summed E-state index contributed by atoms with van der Waals surface area (Å²) in [6, 6.07) is 82.5. The number of benzene rings is 10. The van der Waals surface area contributed by atoms with Crippen molar-refractivity contribution < 1.29 is 0 Å². The van der Waals surface area contributed by atoms with Crippen LogP contribution < -0.4 is 0 Å². The molecule has 398 valence electrons. The number of nitrogens with zero attached hydrogens (tertiary/aromatic N) is 2. The molecule has 0 aliphatic rings. The maximum absolute atomic E-state index is 6.03. The van der Waals surface area contributed by atoms with E-state index in [1.54, 1.807) is 0 Å². The standard InChI is InChI=1S/C78H76N2/c1-49-13-29-61(30-14-49)73(62-31-15-50(2)16-32-62)69-45-57(9)46-70(74(63-33-17-51(3)18-34-63)64-35-19-52(4)20-36-64)77(69)79-59(11)60(12)80-78-71(75(65-37-21-53(5)22-38-65)66-39-23-54(6)24-40-66)47-58(10)48-72(78)76(67-41-25-55(7)26-42-67)68-43-27-56(8)28-44-68/h13-48,73-76H,1-12H3. The van der Waals surface area contributed by atoms with Crippen molar-refractivity contribution in [2.24, 2.45) is 9.98 Å². The van der Waals surface area contributed by atoms with Gasteiger partial charge in [-0.25, -0.2) is 0 Å². The van der Waals surface area contributed by atoms with Gasteiger partial charge in [-0.3, -0.25) is 9.98 Å². The molecule has 0 N–H and O–H groups in total. The number of aryl methyl sites for hydroxylation is 10. The molecule has 0 saturated heterocycles. The maximum atomic E-state index is 6.03. The molecule has 0 unspecified atom stereocenters. The van der Waals surface area contributed by atoms with Crippen LogP contribution in [-0.2, 0) is 0 Å². The van der Waals surface area contributed by atoms with Crippen LogP contribution in [0.2, 0.25) is 0 Å². The Bertz CT molecular complexity index is 3150. The van der Waals surface area contributed by atoms with Crippen molar-refractivity contribution in [2.75, 3.05) is 0 Å². The van der Waals surface area contributed by atoms with Crippen molar-refractivity contribution in [1.82, 2.24) is 0 Å². The van der Waals surface area contributed by atoms with Crippen LogP contribution in [-0.4, -0.2) is 11.4 Å². The fraction of sp³-hybridized carbons (Fsp3) is 0.205. The molecule has 10 aromatic carbocycles. The van der Waals surface area contributed by atoms with Gasteiger partial charge < -0.3 is 0 Å². The van der Waals surface area contributed by atoms with E-state index in [1.807, 2.05) is 0 Å². The summed E-state index contributed by atoms with van der Waals surface area (Å²) >= 11 is 0. The average Bonchev–Trinajstić information content (AvgIpc) is 3.44. The average molecular weight is 1040 g/mol. The molecule has 0 fully saturated rings. The third kappa shape index (κ3) is 12.2. The largest absolute Gasteiger partial charge is 0.251 e. The molecule has 0 spiro atoms. The summed E-state index contributed by atoms with van der Waals surface area (Å²) in [7, 11) is 0. The number of aliphatic imine (C=N–C) groups is 2. The number of hydrogen-bond acceptors (Lipinski definition) is 2. The molecule has 0 amide bonds. The highest BCUT2D eigenvalue weighted by atomic mass is 14.8. The van der Waals surface area contributed by atoms with Gasteiger partial charge in [0.05, 0.1) is 22.8 Å². The van der Waals surface area contributed by atoms with Gasteiger partial charge in [0, 0.05) is 23.7 Å². The fourth-order valence-corrected chi connectivity index (χ4v) is 11.6. The third-order valence-corrected chi connectivity index (χ3v) is 16.2. The highest BCUT2D eigenvalue weighted by Gasteiger charge is 2.30. The zero-order valence-electron chi connectivity index (χ0n) is 49.0. The molecule has 0 bridgehead atoms. The van der Waals surface area contributed by atoms with Crippen molar-refractivity contribution in [3.05, 3.63) is 341 Å². The highest BCUT2D eigenvalue weighted by Crippen LogP contribution is 2.48. The molecule has 2 heteroatoms. The van der Waals surface area contributed by atoms with E-state index in [9.17, 15) is 0 Å². The van der Waals surface area contributed by atoms with Gasteiger partial charge in [0.25, 0.3) is 0 Å². The molecule has 80 heavy (non-hydrogen) atoms. The maximum Gasteiger partial charge on any atom is 0.0717 e. The van der Waals surface area contributed by atoms with E-state index in [-0.39, 0.29) is 23.7 Å². The fourth-order valence-electron chi connectivity index (χ4n) is 11.6. The Morgan fingerprint density at radius 2 is 0.350 bits per heavy atom. The van der Waals surface area contributed by atoms with Crippen LogP contribution in [0, 0.1) is 69.2 Å². The first kappa shape index (κ1) is 54.9. The van der Waals surface area contributed by atoms with E-state index < -0.39 is 0 Å². The summed E-state index contributed by atoms with van der Waals surface area (Å²) < 4.78 is 0. The van der Waals surface area contributed by atoms with Crippen molar-refractivity contribution >= 4 is 22.8 Å². The Morgan fingerprint density at radius 3 is 0.487 bits per heavy atom. The molecule has 0 aliphatic carbocycles. The van der Waals surface area contributed by atoms with Gasteiger partial charge in [-0.1, -0.05) is 274 Å². The summed E-state index contributed by atoms with van der Waals surface area (Å²) in [5.74, 6) is -0.444. The van der Waals surface area contributed by atoms with Crippen molar-refractivity contribution in [2.45, 2.75) is 107 Å². The van der Waals surface area contributed by atoms with Crippen LogP contribution in [0.3, 0.4) is 0 Å². The lowest BCUT2D eigenvalue weighted by Crippen LogP contribution is -2.13. The number of rotatable bonds is 15. The molecule has 0 heterocycles. The van der Waals surface area contributed by atoms with Gasteiger partial charge in [-0.15, -0.1) is 0 Å². The summed E-state index contributed by atoms with van der Waals surface area (Å²) in [4.78, 5) is 12.1. The second-order valence-corrected chi connectivity index (χ2v) is 23.0. The second kappa shape index (κ2) is 23.9. The van der Waals surface area contributed by atoms with Gasteiger partial charge in [-0.2, -0.15) is 0 Å². The Hall–Kier alpha value is -8.46. The van der Waals surface area contributed by atoms with Crippen LogP contribution in [0.1, 0.15) is 160 Å². The second-order valence-electron chi connectivity index (χ2n) is 23.0. The van der Waals surface area contributed by atoms with Crippen LogP contribution in [0.25, 0.3) is 0 Å².